The Morgan fingerprint density at radius 3 is 1.39 bits per heavy atom. The van der Waals surface area contributed by atoms with Crippen LogP contribution in [-0.2, 0) is 0 Å². The van der Waals surface area contributed by atoms with Crippen LogP contribution in [0.3, 0.4) is 0 Å². The summed E-state index contributed by atoms with van der Waals surface area (Å²) in [5.74, 6) is 0. The summed E-state index contributed by atoms with van der Waals surface area (Å²) in [5.41, 5.74) is 2.63. The molecular weight excluding hydrogens is 256 g/mol. The maximum absolute atomic E-state index is 7.30. The van der Waals surface area contributed by atoms with Crippen LogP contribution in [0.5, 0.6) is 0 Å². The number of hydrogen-bond donors (Lipinski definition) is 0. The maximum Gasteiger partial charge on any atom is 0.197 e. The smallest absolute Gasteiger partial charge is 0.160 e. The molecule has 0 atom stereocenters. The number of halogens is 1. The number of benzene rings is 1. The van der Waals surface area contributed by atoms with Gasteiger partial charge >= 0.3 is 0 Å². The largest absolute Gasteiger partial charge is 0.197 e. The Morgan fingerprint density at radius 2 is 1.11 bits per heavy atom. The van der Waals surface area contributed by atoms with E-state index >= 15 is 0 Å². The first-order valence-corrected chi connectivity index (χ1v) is 9.68. The van der Waals surface area contributed by atoms with Gasteiger partial charge < -0.3 is 0 Å². The highest BCUT2D eigenvalue weighted by molar-refractivity contribution is 7.30. The van der Waals surface area contributed by atoms with Crippen LogP contribution in [0, 0.1) is 13.8 Å². The van der Waals surface area contributed by atoms with E-state index in [-0.39, 0.29) is 10.1 Å². The topological polar surface area (TPSA) is 0 Å². The van der Waals surface area contributed by atoms with Crippen LogP contribution in [0.4, 0.5) is 0 Å². The van der Waals surface area contributed by atoms with Gasteiger partial charge in [0.25, 0.3) is 0 Å². The van der Waals surface area contributed by atoms with Crippen molar-refractivity contribution < 1.29 is 0 Å². The molecule has 0 spiro atoms. The van der Waals surface area contributed by atoms with E-state index < -0.39 is 7.38 Å². The predicted molar refractivity (Wildman–Crippen MR) is 86.6 cm³/mol. The summed E-state index contributed by atoms with van der Waals surface area (Å²) in [7, 11) is -2.12. The van der Waals surface area contributed by atoms with Crippen LogP contribution in [0.25, 0.3) is 0 Å². The van der Waals surface area contributed by atoms with Gasteiger partial charge in [-0.25, -0.2) is 0 Å². The van der Waals surface area contributed by atoms with Crippen LogP contribution < -0.4 is 5.19 Å². The fourth-order valence-electron chi connectivity index (χ4n) is 3.16. The van der Waals surface area contributed by atoms with Crippen molar-refractivity contribution in [3.63, 3.8) is 0 Å². The monoisotopic (exact) mass is 282 g/mol. The lowest BCUT2D eigenvalue weighted by Crippen LogP contribution is -2.57. The first-order chi connectivity index (χ1) is 7.89. The Bertz CT molecular complexity index is 401. The van der Waals surface area contributed by atoms with E-state index in [9.17, 15) is 0 Å². The maximum atomic E-state index is 7.30. The van der Waals surface area contributed by atoms with E-state index in [0.717, 1.165) is 0 Å². The molecule has 0 amide bonds. The van der Waals surface area contributed by atoms with E-state index in [1.54, 1.807) is 0 Å². The zero-order valence-electron chi connectivity index (χ0n) is 13.1. The molecule has 1 aromatic rings. The van der Waals surface area contributed by atoms with Crippen LogP contribution in [0.15, 0.2) is 18.2 Å². The Kier molecular flexibility index (Phi) is 4.11. The third kappa shape index (κ3) is 2.67. The number of rotatable bonds is 1. The molecule has 1 aromatic carbocycles. The van der Waals surface area contributed by atoms with Gasteiger partial charge in [-0.3, -0.25) is 0 Å². The third-order valence-electron chi connectivity index (χ3n) is 3.69. The first kappa shape index (κ1) is 15.8. The van der Waals surface area contributed by atoms with E-state index in [4.69, 9.17) is 11.1 Å². The first-order valence-electron chi connectivity index (χ1n) is 6.67. The minimum absolute atomic E-state index is 0.132. The Labute approximate surface area is 118 Å². The summed E-state index contributed by atoms with van der Waals surface area (Å²) in [4.78, 5) is 0. The molecule has 0 heterocycles. The van der Waals surface area contributed by atoms with Crippen molar-refractivity contribution in [2.45, 2.75) is 65.5 Å². The summed E-state index contributed by atoms with van der Waals surface area (Å²) < 4.78 is 0. The van der Waals surface area contributed by atoms with E-state index in [1.165, 1.54) is 16.3 Å². The molecule has 0 nitrogen and oxygen atoms in total. The molecule has 0 N–H and O–H groups in total. The molecule has 2 heteroatoms. The molecule has 0 fully saturated rings. The van der Waals surface area contributed by atoms with Crippen LogP contribution >= 0.6 is 11.1 Å². The second-order valence-electron chi connectivity index (χ2n) is 7.53. The summed E-state index contributed by atoms with van der Waals surface area (Å²) >= 11 is 7.30. The second-order valence-corrected chi connectivity index (χ2v) is 14.1. The molecule has 0 bridgehead atoms. The van der Waals surface area contributed by atoms with Crippen molar-refractivity contribution in [1.29, 1.82) is 0 Å². The van der Waals surface area contributed by atoms with Gasteiger partial charge in [-0.2, -0.15) is 11.1 Å². The molecule has 18 heavy (non-hydrogen) atoms. The van der Waals surface area contributed by atoms with Gasteiger partial charge in [0.2, 0.25) is 0 Å². The van der Waals surface area contributed by atoms with Gasteiger partial charge in [0.05, 0.1) is 0 Å². The van der Waals surface area contributed by atoms with E-state index in [1.807, 2.05) is 0 Å². The lowest BCUT2D eigenvalue weighted by molar-refractivity contribution is 0.644. The highest BCUT2D eigenvalue weighted by Gasteiger charge is 2.53. The highest BCUT2D eigenvalue weighted by atomic mass is 35.6. The zero-order valence-corrected chi connectivity index (χ0v) is 14.9. The van der Waals surface area contributed by atoms with Gasteiger partial charge in [0.1, 0.15) is 0 Å². The Hall–Kier alpha value is -0.273. The molecule has 0 saturated heterocycles. The normalized spacial score (nSPS) is 13.8. The molecule has 0 radical (unpaired) electrons. The standard InChI is InChI=1S/C16H27ClSi/c1-12-9-13(2)11-14(10-12)18(17,15(3,4)5)16(6,7)8/h9-11H,1-8H3. The molecular formula is C16H27ClSi. The van der Waals surface area contributed by atoms with Gasteiger partial charge in [-0.05, 0) is 29.1 Å². The van der Waals surface area contributed by atoms with Crippen molar-refractivity contribution in [3.05, 3.63) is 29.3 Å². The molecule has 0 aliphatic carbocycles. The van der Waals surface area contributed by atoms with E-state index in [2.05, 4.69) is 73.6 Å². The third-order valence-corrected chi connectivity index (χ3v) is 13.0. The van der Waals surface area contributed by atoms with Gasteiger partial charge in [0, 0.05) is 0 Å². The quantitative estimate of drug-likeness (QED) is 0.485. The summed E-state index contributed by atoms with van der Waals surface area (Å²) in [6, 6.07) is 6.81. The van der Waals surface area contributed by atoms with E-state index in [0.29, 0.717) is 0 Å². The van der Waals surface area contributed by atoms with Gasteiger partial charge in [-0.15, -0.1) is 0 Å². The van der Waals surface area contributed by atoms with Gasteiger partial charge in [0.15, 0.2) is 7.38 Å². The summed E-state index contributed by atoms with van der Waals surface area (Å²) in [5, 5.41) is 1.64. The van der Waals surface area contributed by atoms with Crippen LogP contribution in [0.1, 0.15) is 52.7 Å². The molecule has 0 saturated carbocycles. The molecule has 1 rings (SSSR count). The lowest BCUT2D eigenvalue weighted by Gasteiger charge is -2.47. The molecule has 0 unspecified atom stereocenters. The Morgan fingerprint density at radius 1 is 0.778 bits per heavy atom. The number of aryl methyl sites for hydroxylation is 2. The minimum atomic E-state index is -2.12. The van der Waals surface area contributed by atoms with Crippen molar-refractivity contribution in [2.75, 3.05) is 0 Å². The van der Waals surface area contributed by atoms with Crippen molar-refractivity contribution in [2.24, 2.45) is 0 Å². The molecule has 102 valence electrons. The Balaban J connectivity index is 3.55. The molecule has 0 aliphatic rings. The van der Waals surface area contributed by atoms with Crippen molar-refractivity contribution in [3.8, 4) is 0 Å². The highest BCUT2D eigenvalue weighted by Crippen LogP contribution is 2.53. The average Bonchev–Trinajstić information content (AvgIpc) is 2.11. The average molecular weight is 283 g/mol. The second kappa shape index (κ2) is 4.68. The summed E-state index contributed by atoms with van der Waals surface area (Å²) in [6.45, 7) is 18.0. The van der Waals surface area contributed by atoms with Crippen molar-refractivity contribution in [1.82, 2.24) is 0 Å². The fraction of sp³-hybridized carbons (Fsp3) is 0.625. The van der Waals surface area contributed by atoms with Crippen molar-refractivity contribution >= 4 is 23.6 Å². The summed E-state index contributed by atoms with van der Waals surface area (Å²) in [6.07, 6.45) is 0. The number of hydrogen-bond acceptors (Lipinski definition) is 0. The lowest BCUT2D eigenvalue weighted by atomic mass is 10.2. The van der Waals surface area contributed by atoms with Crippen LogP contribution in [0.2, 0.25) is 10.1 Å². The fourth-order valence-corrected chi connectivity index (χ4v) is 8.33. The van der Waals surface area contributed by atoms with Gasteiger partial charge in [-0.1, -0.05) is 70.9 Å². The molecule has 0 aliphatic heterocycles. The zero-order chi connectivity index (χ0) is 14.4. The van der Waals surface area contributed by atoms with Crippen LogP contribution in [-0.4, -0.2) is 7.38 Å². The SMILES string of the molecule is Cc1cc(C)cc([Si](Cl)(C(C)(C)C)C(C)(C)C)c1. The molecule has 0 aromatic heterocycles. The predicted octanol–water partition coefficient (Wildman–Crippen LogP) is 5.29. The minimum Gasteiger partial charge on any atom is -0.160 e.